The zero-order valence-corrected chi connectivity index (χ0v) is 18.3. The molecule has 1 aromatic heterocycles. The van der Waals surface area contributed by atoms with Crippen LogP contribution in [0.2, 0.25) is 0 Å². The second kappa shape index (κ2) is 11.7. The van der Waals surface area contributed by atoms with Gasteiger partial charge in [0.25, 0.3) is 11.8 Å². The molecule has 1 heterocycles. The van der Waals surface area contributed by atoms with Crippen molar-refractivity contribution in [2.75, 3.05) is 32.2 Å². The Morgan fingerprint density at radius 2 is 1.84 bits per heavy atom. The summed E-state index contributed by atoms with van der Waals surface area (Å²) in [5.41, 5.74) is 0.578. The van der Waals surface area contributed by atoms with E-state index in [0.717, 1.165) is 4.88 Å². The van der Waals surface area contributed by atoms with Gasteiger partial charge in [0.2, 0.25) is 0 Å². The molecule has 2 amide bonds. The zero-order chi connectivity index (χ0) is 22.8. The fourth-order valence-electron chi connectivity index (χ4n) is 2.45. The van der Waals surface area contributed by atoms with Crippen molar-refractivity contribution in [1.82, 2.24) is 5.32 Å². The van der Waals surface area contributed by atoms with E-state index in [9.17, 15) is 19.2 Å². The molecule has 2 N–H and O–H groups in total. The predicted octanol–water partition coefficient (Wildman–Crippen LogP) is 2.41. The minimum atomic E-state index is -0.780. The van der Waals surface area contributed by atoms with E-state index in [0.29, 0.717) is 22.7 Å². The molecule has 10 heteroatoms. The molecule has 0 spiro atoms. The Labute approximate surface area is 183 Å². The molecule has 0 aliphatic rings. The van der Waals surface area contributed by atoms with Gasteiger partial charge in [-0.1, -0.05) is 13.0 Å². The summed E-state index contributed by atoms with van der Waals surface area (Å²) in [6.45, 7) is 2.86. The standard InChI is InChI=1S/C21H24N2O7S/c1-4-15-10-16(21(27)29-5-2)20(31-15)23-17(24)12-30-18(25)11-22-19(26)13-7-6-8-14(9-13)28-3/h6-10H,4-5,11-12H2,1-3H3,(H,22,26)(H,23,24). The quantitative estimate of drug-likeness (QED) is 0.536. The molecule has 9 nitrogen and oxygen atoms in total. The summed E-state index contributed by atoms with van der Waals surface area (Å²) in [4.78, 5) is 49.0. The number of amides is 2. The molecule has 166 valence electrons. The first-order valence-corrected chi connectivity index (χ1v) is 10.4. The van der Waals surface area contributed by atoms with Gasteiger partial charge in [0.1, 0.15) is 17.3 Å². The molecule has 0 saturated carbocycles. The maximum absolute atomic E-state index is 12.1. The molecular formula is C21H24N2O7S. The van der Waals surface area contributed by atoms with Gasteiger partial charge in [-0.05, 0) is 37.6 Å². The van der Waals surface area contributed by atoms with E-state index in [4.69, 9.17) is 14.2 Å². The molecule has 0 saturated heterocycles. The number of methoxy groups -OCH3 is 1. The molecule has 0 radical (unpaired) electrons. The molecule has 0 unspecified atom stereocenters. The Morgan fingerprint density at radius 3 is 2.52 bits per heavy atom. The van der Waals surface area contributed by atoms with Crippen LogP contribution in [0.25, 0.3) is 0 Å². The Balaban J connectivity index is 1.84. The van der Waals surface area contributed by atoms with Gasteiger partial charge in [0.05, 0.1) is 19.3 Å². The van der Waals surface area contributed by atoms with Crippen molar-refractivity contribution >= 4 is 40.1 Å². The predicted molar refractivity (Wildman–Crippen MR) is 115 cm³/mol. The second-order valence-corrected chi connectivity index (χ2v) is 7.29. The SMILES string of the molecule is CCOC(=O)c1cc(CC)sc1NC(=O)COC(=O)CNC(=O)c1cccc(OC)c1. The number of carbonyl (C=O) groups excluding carboxylic acids is 4. The molecule has 0 fully saturated rings. The monoisotopic (exact) mass is 448 g/mol. The lowest BCUT2D eigenvalue weighted by Gasteiger charge is -2.08. The molecule has 2 rings (SSSR count). The highest BCUT2D eigenvalue weighted by molar-refractivity contribution is 7.16. The third-order valence-corrected chi connectivity index (χ3v) is 5.16. The van der Waals surface area contributed by atoms with Gasteiger partial charge in [-0.3, -0.25) is 14.4 Å². The number of benzene rings is 1. The first kappa shape index (κ1) is 23.9. The third-order valence-electron chi connectivity index (χ3n) is 3.97. The Kier molecular flexibility index (Phi) is 9.01. The highest BCUT2D eigenvalue weighted by Crippen LogP contribution is 2.29. The van der Waals surface area contributed by atoms with Gasteiger partial charge in [-0.25, -0.2) is 4.79 Å². The van der Waals surface area contributed by atoms with E-state index < -0.39 is 36.9 Å². The van der Waals surface area contributed by atoms with Crippen LogP contribution in [-0.2, 0) is 25.5 Å². The fraction of sp³-hybridized carbons (Fsp3) is 0.333. The molecular weight excluding hydrogens is 424 g/mol. The van der Waals surface area contributed by atoms with Crippen LogP contribution in [0.1, 0.15) is 39.4 Å². The molecule has 0 atom stereocenters. The number of hydrogen-bond donors (Lipinski definition) is 2. The summed E-state index contributed by atoms with van der Waals surface area (Å²) in [5.74, 6) is -1.90. The average Bonchev–Trinajstić information content (AvgIpc) is 3.19. The molecule has 0 aliphatic carbocycles. The van der Waals surface area contributed by atoms with Crippen molar-refractivity contribution in [3.05, 3.63) is 46.3 Å². The van der Waals surface area contributed by atoms with Crippen LogP contribution in [0, 0.1) is 0 Å². The Hall–Kier alpha value is -3.40. The second-order valence-electron chi connectivity index (χ2n) is 6.15. The topological polar surface area (TPSA) is 120 Å². The number of aryl methyl sites for hydroxylation is 1. The van der Waals surface area contributed by atoms with Gasteiger partial charge in [0.15, 0.2) is 6.61 Å². The maximum atomic E-state index is 12.1. The van der Waals surface area contributed by atoms with Crippen LogP contribution in [0.5, 0.6) is 5.75 Å². The van der Waals surface area contributed by atoms with Crippen molar-refractivity contribution in [1.29, 1.82) is 0 Å². The smallest absolute Gasteiger partial charge is 0.341 e. The highest BCUT2D eigenvalue weighted by Gasteiger charge is 2.19. The van der Waals surface area contributed by atoms with Crippen LogP contribution < -0.4 is 15.4 Å². The minimum Gasteiger partial charge on any atom is -0.497 e. The maximum Gasteiger partial charge on any atom is 0.341 e. The summed E-state index contributed by atoms with van der Waals surface area (Å²) in [5, 5.41) is 5.31. The summed E-state index contributed by atoms with van der Waals surface area (Å²) in [7, 11) is 1.48. The summed E-state index contributed by atoms with van der Waals surface area (Å²) in [6, 6.07) is 8.10. The first-order chi connectivity index (χ1) is 14.9. The molecule has 1 aromatic carbocycles. The Morgan fingerprint density at radius 1 is 1.06 bits per heavy atom. The van der Waals surface area contributed by atoms with Crippen molar-refractivity contribution in [3.63, 3.8) is 0 Å². The van der Waals surface area contributed by atoms with Crippen LogP contribution in [-0.4, -0.2) is 50.6 Å². The van der Waals surface area contributed by atoms with E-state index in [1.54, 1.807) is 31.2 Å². The minimum absolute atomic E-state index is 0.211. The van der Waals surface area contributed by atoms with Gasteiger partial charge in [0, 0.05) is 10.4 Å². The fourth-order valence-corrected chi connectivity index (χ4v) is 3.45. The van der Waals surface area contributed by atoms with Gasteiger partial charge < -0.3 is 24.8 Å². The van der Waals surface area contributed by atoms with Crippen LogP contribution in [0.4, 0.5) is 5.00 Å². The number of carbonyl (C=O) groups is 4. The van der Waals surface area contributed by atoms with Crippen molar-refractivity contribution in [2.24, 2.45) is 0 Å². The molecule has 31 heavy (non-hydrogen) atoms. The van der Waals surface area contributed by atoms with Crippen molar-refractivity contribution in [3.8, 4) is 5.75 Å². The number of anilines is 1. The summed E-state index contributed by atoms with van der Waals surface area (Å²) >= 11 is 1.25. The first-order valence-electron chi connectivity index (χ1n) is 9.55. The van der Waals surface area contributed by atoms with E-state index in [-0.39, 0.29) is 12.2 Å². The van der Waals surface area contributed by atoms with E-state index in [1.807, 2.05) is 6.92 Å². The van der Waals surface area contributed by atoms with Crippen LogP contribution in [0.3, 0.4) is 0 Å². The van der Waals surface area contributed by atoms with Crippen molar-refractivity contribution < 1.29 is 33.4 Å². The van der Waals surface area contributed by atoms with Gasteiger partial charge >= 0.3 is 11.9 Å². The largest absolute Gasteiger partial charge is 0.497 e. The zero-order valence-electron chi connectivity index (χ0n) is 17.5. The Bertz CT molecular complexity index is 955. The van der Waals surface area contributed by atoms with E-state index in [2.05, 4.69) is 10.6 Å². The number of esters is 2. The van der Waals surface area contributed by atoms with Crippen LogP contribution >= 0.6 is 11.3 Å². The molecule has 2 aromatic rings. The summed E-state index contributed by atoms with van der Waals surface area (Å²) in [6.07, 6.45) is 0.689. The third kappa shape index (κ3) is 7.10. The van der Waals surface area contributed by atoms with E-state index >= 15 is 0 Å². The number of ether oxygens (including phenoxy) is 3. The van der Waals surface area contributed by atoms with Gasteiger partial charge in [-0.2, -0.15) is 0 Å². The van der Waals surface area contributed by atoms with Crippen molar-refractivity contribution in [2.45, 2.75) is 20.3 Å². The molecule has 0 bridgehead atoms. The normalized spacial score (nSPS) is 10.2. The van der Waals surface area contributed by atoms with Gasteiger partial charge in [-0.15, -0.1) is 11.3 Å². The number of rotatable bonds is 10. The lowest BCUT2D eigenvalue weighted by atomic mass is 10.2. The number of thiophene rings is 1. The van der Waals surface area contributed by atoms with E-state index in [1.165, 1.54) is 24.5 Å². The molecule has 0 aliphatic heterocycles. The van der Waals surface area contributed by atoms with Crippen LogP contribution in [0.15, 0.2) is 30.3 Å². The number of hydrogen-bond acceptors (Lipinski definition) is 8. The summed E-state index contributed by atoms with van der Waals surface area (Å²) < 4.78 is 14.9. The lowest BCUT2D eigenvalue weighted by molar-refractivity contribution is -0.146. The number of nitrogens with one attached hydrogen (secondary N) is 2. The average molecular weight is 448 g/mol. The highest BCUT2D eigenvalue weighted by atomic mass is 32.1. The lowest BCUT2D eigenvalue weighted by Crippen LogP contribution is -2.32.